The van der Waals surface area contributed by atoms with Crippen LogP contribution < -0.4 is 0 Å². The number of thiophene rings is 1. The SMILES string of the molecule is Cc1ccc(S(=O)(=O)N2COCC2(C)C)s1. The second kappa shape index (κ2) is 3.80. The van der Waals surface area contributed by atoms with Crippen molar-refractivity contribution in [3.8, 4) is 0 Å². The third-order valence-corrected chi connectivity index (χ3v) is 6.10. The highest BCUT2D eigenvalue weighted by Crippen LogP contribution is 2.32. The molecule has 0 aliphatic carbocycles. The van der Waals surface area contributed by atoms with Gasteiger partial charge in [-0.3, -0.25) is 0 Å². The molecule has 0 N–H and O–H groups in total. The summed E-state index contributed by atoms with van der Waals surface area (Å²) in [6.45, 7) is 6.23. The van der Waals surface area contributed by atoms with E-state index >= 15 is 0 Å². The Bertz CT molecular complexity index is 490. The molecule has 1 aliphatic heterocycles. The van der Waals surface area contributed by atoms with Crippen molar-refractivity contribution in [2.24, 2.45) is 0 Å². The van der Waals surface area contributed by atoms with Crippen LogP contribution in [-0.4, -0.2) is 31.6 Å². The van der Waals surface area contributed by atoms with Crippen LogP contribution in [0.15, 0.2) is 16.3 Å². The fraction of sp³-hybridized carbons (Fsp3) is 0.600. The van der Waals surface area contributed by atoms with E-state index in [9.17, 15) is 8.42 Å². The van der Waals surface area contributed by atoms with Crippen LogP contribution in [0.1, 0.15) is 18.7 Å². The largest absolute Gasteiger partial charge is 0.363 e. The van der Waals surface area contributed by atoms with E-state index in [1.807, 2.05) is 26.8 Å². The van der Waals surface area contributed by atoms with Crippen molar-refractivity contribution >= 4 is 21.4 Å². The molecule has 1 aliphatic rings. The van der Waals surface area contributed by atoms with Gasteiger partial charge >= 0.3 is 0 Å². The third-order valence-electron chi connectivity index (χ3n) is 2.60. The summed E-state index contributed by atoms with van der Waals surface area (Å²) in [5.41, 5.74) is -0.462. The van der Waals surface area contributed by atoms with Gasteiger partial charge in [0, 0.05) is 4.88 Å². The van der Waals surface area contributed by atoms with Crippen LogP contribution in [0, 0.1) is 6.92 Å². The van der Waals surface area contributed by atoms with Gasteiger partial charge < -0.3 is 4.74 Å². The van der Waals surface area contributed by atoms with Gasteiger partial charge in [0.05, 0.1) is 12.1 Å². The highest BCUT2D eigenvalue weighted by atomic mass is 32.2. The molecule has 0 atom stereocenters. The second-order valence-electron chi connectivity index (χ2n) is 4.51. The van der Waals surface area contributed by atoms with Crippen LogP contribution in [0.2, 0.25) is 0 Å². The van der Waals surface area contributed by atoms with Gasteiger partial charge in [-0.15, -0.1) is 11.3 Å². The molecule has 6 heteroatoms. The lowest BCUT2D eigenvalue weighted by Gasteiger charge is -2.27. The lowest BCUT2D eigenvalue weighted by atomic mass is 10.1. The fourth-order valence-corrected chi connectivity index (χ4v) is 4.73. The molecule has 1 fully saturated rings. The molecule has 0 bridgehead atoms. The number of nitrogens with zero attached hydrogens (tertiary/aromatic N) is 1. The van der Waals surface area contributed by atoms with Crippen molar-refractivity contribution in [1.29, 1.82) is 0 Å². The zero-order valence-corrected chi connectivity index (χ0v) is 11.2. The van der Waals surface area contributed by atoms with E-state index in [1.54, 1.807) is 6.07 Å². The summed E-state index contributed by atoms with van der Waals surface area (Å²) < 4.78 is 31.7. The molecule has 1 saturated heterocycles. The molecule has 90 valence electrons. The van der Waals surface area contributed by atoms with Crippen molar-refractivity contribution in [3.63, 3.8) is 0 Å². The minimum absolute atomic E-state index is 0.145. The fourth-order valence-electron chi connectivity index (χ4n) is 1.68. The molecule has 4 nitrogen and oxygen atoms in total. The van der Waals surface area contributed by atoms with E-state index in [1.165, 1.54) is 15.6 Å². The minimum atomic E-state index is -3.40. The first kappa shape index (κ1) is 12.0. The van der Waals surface area contributed by atoms with Gasteiger partial charge in [-0.1, -0.05) is 0 Å². The predicted molar refractivity (Wildman–Crippen MR) is 63.0 cm³/mol. The summed E-state index contributed by atoms with van der Waals surface area (Å²) >= 11 is 1.30. The van der Waals surface area contributed by atoms with E-state index in [0.29, 0.717) is 10.8 Å². The van der Waals surface area contributed by atoms with E-state index in [0.717, 1.165) is 4.88 Å². The van der Waals surface area contributed by atoms with Crippen LogP contribution in [-0.2, 0) is 14.8 Å². The van der Waals surface area contributed by atoms with E-state index in [4.69, 9.17) is 4.74 Å². The molecule has 2 rings (SSSR count). The van der Waals surface area contributed by atoms with Gasteiger partial charge in [0.15, 0.2) is 0 Å². The molecule has 16 heavy (non-hydrogen) atoms. The summed E-state index contributed by atoms with van der Waals surface area (Å²) in [5, 5.41) is 0. The second-order valence-corrected chi connectivity index (χ2v) is 7.89. The van der Waals surface area contributed by atoms with Crippen molar-refractivity contribution in [1.82, 2.24) is 4.31 Å². The van der Waals surface area contributed by atoms with E-state index < -0.39 is 15.6 Å². The maximum atomic E-state index is 12.3. The first-order valence-electron chi connectivity index (χ1n) is 5.01. The molecule has 0 unspecified atom stereocenters. The Hall–Kier alpha value is -0.430. The molecule has 0 amide bonds. The smallest absolute Gasteiger partial charge is 0.255 e. The van der Waals surface area contributed by atoms with Crippen LogP contribution in [0.3, 0.4) is 0 Å². The standard InChI is InChI=1S/C10H15NO3S2/c1-8-4-5-9(15-8)16(12,13)11-7-14-6-10(11,2)3/h4-5H,6-7H2,1-3H3. The van der Waals surface area contributed by atoms with Crippen LogP contribution in [0.4, 0.5) is 0 Å². The molecule has 0 spiro atoms. The van der Waals surface area contributed by atoms with Gasteiger partial charge in [-0.25, -0.2) is 8.42 Å². The highest BCUT2D eigenvalue weighted by molar-refractivity contribution is 7.91. The average molecular weight is 261 g/mol. The van der Waals surface area contributed by atoms with Crippen LogP contribution in [0.5, 0.6) is 0 Å². The topological polar surface area (TPSA) is 46.6 Å². The normalized spacial score (nSPS) is 21.4. The summed E-state index contributed by atoms with van der Waals surface area (Å²) in [7, 11) is -3.40. The molecule has 0 aromatic carbocycles. The molecule has 1 aromatic rings. The number of hydrogen-bond acceptors (Lipinski definition) is 4. The molecule has 2 heterocycles. The van der Waals surface area contributed by atoms with Gasteiger partial charge in [-0.05, 0) is 32.9 Å². The summed E-state index contributed by atoms with van der Waals surface area (Å²) in [4.78, 5) is 0.997. The molecule has 0 radical (unpaired) electrons. The van der Waals surface area contributed by atoms with Crippen molar-refractivity contribution < 1.29 is 13.2 Å². The maximum Gasteiger partial charge on any atom is 0.255 e. The van der Waals surface area contributed by atoms with Gasteiger partial charge in [0.1, 0.15) is 10.9 Å². The van der Waals surface area contributed by atoms with Crippen molar-refractivity contribution in [2.75, 3.05) is 13.3 Å². The van der Waals surface area contributed by atoms with E-state index in [-0.39, 0.29) is 6.73 Å². The monoisotopic (exact) mass is 261 g/mol. The van der Waals surface area contributed by atoms with Crippen LogP contribution >= 0.6 is 11.3 Å². The zero-order chi connectivity index (χ0) is 12.0. The van der Waals surface area contributed by atoms with Gasteiger partial charge in [0.2, 0.25) is 0 Å². The molecular weight excluding hydrogens is 246 g/mol. The van der Waals surface area contributed by atoms with Gasteiger partial charge in [-0.2, -0.15) is 4.31 Å². The van der Waals surface area contributed by atoms with Crippen LogP contribution in [0.25, 0.3) is 0 Å². The lowest BCUT2D eigenvalue weighted by molar-refractivity contribution is 0.171. The Morgan fingerprint density at radius 3 is 2.56 bits per heavy atom. The summed E-state index contributed by atoms with van der Waals surface area (Å²) in [5.74, 6) is 0. The Kier molecular flexibility index (Phi) is 2.86. The van der Waals surface area contributed by atoms with Gasteiger partial charge in [0.25, 0.3) is 10.0 Å². The van der Waals surface area contributed by atoms with Crippen molar-refractivity contribution in [2.45, 2.75) is 30.5 Å². The Morgan fingerprint density at radius 2 is 2.12 bits per heavy atom. The average Bonchev–Trinajstić information content (AvgIpc) is 2.71. The van der Waals surface area contributed by atoms with E-state index in [2.05, 4.69) is 0 Å². The molecule has 1 aromatic heterocycles. The Balaban J connectivity index is 2.40. The zero-order valence-electron chi connectivity index (χ0n) is 9.56. The van der Waals surface area contributed by atoms with Crippen molar-refractivity contribution in [3.05, 3.63) is 17.0 Å². The first-order valence-corrected chi connectivity index (χ1v) is 7.27. The molecular formula is C10H15NO3S2. The number of sulfonamides is 1. The third kappa shape index (κ3) is 1.90. The number of hydrogen-bond donors (Lipinski definition) is 0. The number of ether oxygens (including phenoxy) is 1. The lowest BCUT2D eigenvalue weighted by Crippen LogP contribution is -2.43. The highest BCUT2D eigenvalue weighted by Gasteiger charge is 2.42. The quantitative estimate of drug-likeness (QED) is 0.815. The predicted octanol–water partition coefficient (Wildman–Crippen LogP) is 1.81. The molecule has 0 saturated carbocycles. The minimum Gasteiger partial charge on any atom is -0.363 e. The summed E-state index contributed by atoms with van der Waals surface area (Å²) in [6, 6.07) is 3.48. The number of aryl methyl sites for hydroxylation is 1. The maximum absolute atomic E-state index is 12.3. The Morgan fingerprint density at radius 1 is 1.44 bits per heavy atom. The number of rotatable bonds is 2. The Labute approximate surface area is 99.9 Å². The summed E-state index contributed by atoms with van der Waals surface area (Å²) in [6.07, 6.45) is 0. The first-order chi connectivity index (χ1) is 7.34.